The van der Waals surface area contributed by atoms with Crippen molar-refractivity contribution in [1.82, 2.24) is 14.9 Å². The Kier molecular flexibility index (Phi) is 4.42. The van der Waals surface area contributed by atoms with Crippen LogP contribution in [0.5, 0.6) is 5.88 Å². The number of anilines is 1. The second-order valence-electron chi connectivity index (χ2n) is 6.90. The number of thiazole rings is 1. The van der Waals surface area contributed by atoms with E-state index in [9.17, 15) is 4.79 Å². The second kappa shape index (κ2) is 6.61. The number of hydrogen-bond acceptors (Lipinski definition) is 7. The summed E-state index contributed by atoms with van der Waals surface area (Å²) in [6, 6.07) is 2.44. The monoisotopic (exact) mass is 374 g/mol. The molecule has 4 heterocycles. The maximum atomic E-state index is 11.2. The standard InChI is InChI=1S/C18H22N4O3S/c1-11-6-18(15-4-5-19-16(24-3)14(15)9-25-18)10-22(11)8-13-7-20-17(26-13)21-12(2)23/h4-5,7,11H,6,8-10H2,1-3H3,(H,20,21,23)/t11-,18?/m0/s1. The first-order valence-electron chi connectivity index (χ1n) is 8.63. The van der Waals surface area contributed by atoms with Crippen molar-refractivity contribution in [2.24, 2.45) is 0 Å². The first-order valence-corrected chi connectivity index (χ1v) is 9.45. The fraction of sp³-hybridized carbons (Fsp3) is 0.500. The van der Waals surface area contributed by atoms with Gasteiger partial charge in [-0.3, -0.25) is 9.69 Å². The van der Waals surface area contributed by atoms with Crippen LogP contribution in [0.15, 0.2) is 18.5 Å². The molecule has 2 aliphatic rings. The van der Waals surface area contributed by atoms with E-state index < -0.39 is 0 Å². The number of nitrogens with one attached hydrogen (secondary N) is 1. The molecule has 0 bridgehead atoms. The molecule has 138 valence electrons. The number of ether oxygens (including phenoxy) is 2. The number of pyridine rings is 1. The van der Waals surface area contributed by atoms with Gasteiger partial charge >= 0.3 is 0 Å². The predicted molar refractivity (Wildman–Crippen MR) is 98.2 cm³/mol. The molecule has 1 spiro atoms. The maximum Gasteiger partial charge on any atom is 0.223 e. The first-order chi connectivity index (χ1) is 12.5. The number of methoxy groups -OCH3 is 1. The van der Waals surface area contributed by atoms with Crippen molar-refractivity contribution in [2.45, 2.75) is 45.1 Å². The molecule has 2 atom stereocenters. The SMILES string of the molecule is COc1nccc2c1COC21C[C@H](C)N(Cc2cnc(NC(C)=O)s2)C1. The van der Waals surface area contributed by atoms with Gasteiger partial charge in [0.1, 0.15) is 5.60 Å². The van der Waals surface area contributed by atoms with Crippen LogP contribution < -0.4 is 10.1 Å². The summed E-state index contributed by atoms with van der Waals surface area (Å²) in [7, 11) is 1.65. The highest BCUT2D eigenvalue weighted by atomic mass is 32.1. The lowest BCUT2D eigenvalue weighted by atomic mass is 9.91. The number of hydrogen-bond donors (Lipinski definition) is 1. The highest BCUT2D eigenvalue weighted by Gasteiger charge is 2.49. The second-order valence-corrected chi connectivity index (χ2v) is 8.02. The third-order valence-corrected chi connectivity index (χ3v) is 5.99. The van der Waals surface area contributed by atoms with E-state index >= 15 is 0 Å². The van der Waals surface area contributed by atoms with Gasteiger partial charge in [-0.2, -0.15) is 0 Å². The third-order valence-electron chi connectivity index (χ3n) is 5.10. The predicted octanol–water partition coefficient (Wildman–Crippen LogP) is 2.53. The summed E-state index contributed by atoms with van der Waals surface area (Å²) in [4.78, 5) is 23.3. The Morgan fingerprint density at radius 1 is 1.54 bits per heavy atom. The Labute approximate surface area is 156 Å². The quantitative estimate of drug-likeness (QED) is 0.886. The number of aromatic nitrogens is 2. The Morgan fingerprint density at radius 2 is 2.38 bits per heavy atom. The maximum absolute atomic E-state index is 11.2. The van der Waals surface area contributed by atoms with Gasteiger partial charge in [-0.1, -0.05) is 0 Å². The number of nitrogens with zero attached hydrogens (tertiary/aromatic N) is 3. The molecule has 2 aromatic rings. The van der Waals surface area contributed by atoms with Gasteiger partial charge in [-0.15, -0.1) is 11.3 Å². The molecule has 1 N–H and O–H groups in total. The van der Waals surface area contributed by atoms with Crippen molar-refractivity contribution in [1.29, 1.82) is 0 Å². The molecular weight excluding hydrogens is 352 g/mol. The Balaban J connectivity index is 1.53. The smallest absolute Gasteiger partial charge is 0.223 e. The first kappa shape index (κ1) is 17.4. The molecule has 0 radical (unpaired) electrons. The van der Waals surface area contributed by atoms with Gasteiger partial charge in [-0.05, 0) is 25.0 Å². The van der Waals surface area contributed by atoms with E-state index in [2.05, 4.69) is 33.2 Å². The van der Waals surface area contributed by atoms with Crippen molar-refractivity contribution >= 4 is 22.4 Å². The van der Waals surface area contributed by atoms with Crippen LogP contribution in [0.4, 0.5) is 5.13 Å². The van der Waals surface area contributed by atoms with Crippen LogP contribution in [0, 0.1) is 0 Å². The van der Waals surface area contributed by atoms with Crippen molar-refractivity contribution in [3.8, 4) is 5.88 Å². The largest absolute Gasteiger partial charge is 0.481 e. The van der Waals surface area contributed by atoms with Crippen molar-refractivity contribution in [2.75, 3.05) is 19.0 Å². The van der Waals surface area contributed by atoms with Crippen LogP contribution in [0.1, 0.15) is 36.3 Å². The fourth-order valence-electron chi connectivity index (χ4n) is 3.96. The molecule has 4 rings (SSSR count). The van der Waals surface area contributed by atoms with E-state index in [-0.39, 0.29) is 11.5 Å². The van der Waals surface area contributed by atoms with Gasteiger partial charge in [0, 0.05) is 48.9 Å². The molecule has 1 unspecified atom stereocenters. The molecular formula is C18H22N4O3S. The Morgan fingerprint density at radius 3 is 3.15 bits per heavy atom. The fourth-order valence-corrected chi connectivity index (χ4v) is 4.84. The van der Waals surface area contributed by atoms with E-state index in [4.69, 9.17) is 9.47 Å². The zero-order valence-electron chi connectivity index (χ0n) is 15.1. The molecule has 1 saturated heterocycles. The van der Waals surface area contributed by atoms with E-state index in [0.29, 0.717) is 23.7 Å². The molecule has 8 heteroatoms. The summed E-state index contributed by atoms with van der Waals surface area (Å²) in [6.45, 7) is 5.87. The lowest BCUT2D eigenvalue weighted by Gasteiger charge is -2.24. The average Bonchev–Trinajstić information content (AvgIpc) is 3.27. The minimum atomic E-state index is -0.296. The Hall–Kier alpha value is -2.03. The van der Waals surface area contributed by atoms with Crippen LogP contribution in [-0.4, -0.2) is 40.5 Å². The number of carbonyl (C=O) groups excluding carboxylic acids is 1. The summed E-state index contributed by atoms with van der Waals surface area (Å²) in [6.07, 6.45) is 4.57. The molecule has 0 aliphatic carbocycles. The zero-order chi connectivity index (χ0) is 18.3. The molecule has 2 aliphatic heterocycles. The Bertz CT molecular complexity index is 840. The third kappa shape index (κ3) is 2.98. The summed E-state index contributed by atoms with van der Waals surface area (Å²) in [5.74, 6) is 0.561. The normalized spacial score (nSPS) is 24.8. The van der Waals surface area contributed by atoms with E-state index in [1.807, 2.05) is 6.20 Å². The molecule has 1 amide bonds. The van der Waals surface area contributed by atoms with Crippen molar-refractivity contribution < 1.29 is 14.3 Å². The van der Waals surface area contributed by atoms with Crippen LogP contribution in [0.3, 0.4) is 0 Å². The lowest BCUT2D eigenvalue weighted by Crippen LogP contribution is -2.31. The van der Waals surface area contributed by atoms with Crippen LogP contribution in [0.2, 0.25) is 0 Å². The average molecular weight is 374 g/mol. The van der Waals surface area contributed by atoms with Crippen molar-refractivity contribution in [3.63, 3.8) is 0 Å². The van der Waals surface area contributed by atoms with Gasteiger partial charge in [0.05, 0.1) is 13.7 Å². The number of fused-ring (bicyclic) bond motifs is 2. The summed E-state index contributed by atoms with van der Waals surface area (Å²) < 4.78 is 11.7. The van der Waals surface area contributed by atoms with Crippen LogP contribution in [-0.2, 0) is 28.3 Å². The number of carbonyl (C=O) groups is 1. The van der Waals surface area contributed by atoms with Crippen LogP contribution >= 0.6 is 11.3 Å². The summed E-state index contributed by atoms with van der Waals surface area (Å²) >= 11 is 1.52. The lowest BCUT2D eigenvalue weighted by molar-refractivity contribution is -0.114. The van der Waals surface area contributed by atoms with Crippen LogP contribution in [0.25, 0.3) is 0 Å². The number of rotatable bonds is 4. The van der Waals surface area contributed by atoms with Crippen molar-refractivity contribution in [3.05, 3.63) is 34.5 Å². The van der Waals surface area contributed by atoms with Gasteiger partial charge < -0.3 is 14.8 Å². The van der Waals surface area contributed by atoms with Gasteiger partial charge in [0.25, 0.3) is 0 Å². The molecule has 0 aromatic carbocycles. The minimum Gasteiger partial charge on any atom is -0.481 e. The van der Waals surface area contributed by atoms with E-state index in [0.717, 1.165) is 30.0 Å². The molecule has 26 heavy (non-hydrogen) atoms. The molecule has 2 aromatic heterocycles. The van der Waals surface area contributed by atoms with Gasteiger partial charge in [-0.25, -0.2) is 9.97 Å². The van der Waals surface area contributed by atoms with Gasteiger partial charge in [0.15, 0.2) is 5.13 Å². The molecule has 1 fully saturated rings. The zero-order valence-corrected chi connectivity index (χ0v) is 15.9. The minimum absolute atomic E-state index is 0.0992. The van der Waals surface area contributed by atoms with E-state index in [1.54, 1.807) is 13.3 Å². The summed E-state index contributed by atoms with van der Waals surface area (Å²) in [5.41, 5.74) is 1.97. The number of likely N-dealkylation sites (tertiary alicyclic amines) is 1. The molecule has 0 saturated carbocycles. The highest BCUT2D eigenvalue weighted by Crippen LogP contribution is 2.47. The highest BCUT2D eigenvalue weighted by molar-refractivity contribution is 7.15. The summed E-state index contributed by atoms with van der Waals surface area (Å²) in [5, 5.41) is 3.39. The van der Waals surface area contributed by atoms with E-state index in [1.165, 1.54) is 23.8 Å². The van der Waals surface area contributed by atoms with Gasteiger partial charge in [0.2, 0.25) is 11.8 Å². The topological polar surface area (TPSA) is 76.6 Å². The molecule has 7 nitrogen and oxygen atoms in total. The number of amides is 1.